The molecule has 1 unspecified atom stereocenters. The largest absolute Gasteiger partial charge is 0.480 e. The van der Waals surface area contributed by atoms with Crippen molar-refractivity contribution in [2.45, 2.75) is 39.2 Å². The van der Waals surface area contributed by atoms with Crippen molar-refractivity contribution in [1.82, 2.24) is 9.88 Å². The molecule has 110 valence electrons. The van der Waals surface area contributed by atoms with Gasteiger partial charge in [-0.2, -0.15) is 0 Å². The maximum Gasteiger partial charge on any atom is 0.326 e. The van der Waals surface area contributed by atoms with Gasteiger partial charge in [0.2, 0.25) is 0 Å². The summed E-state index contributed by atoms with van der Waals surface area (Å²) in [6, 6.07) is 2.19. The molecule has 0 radical (unpaired) electrons. The summed E-state index contributed by atoms with van der Waals surface area (Å²) < 4.78 is 0. The van der Waals surface area contributed by atoms with E-state index in [1.54, 1.807) is 6.07 Å². The van der Waals surface area contributed by atoms with Gasteiger partial charge in [0.15, 0.2) is 0 Å². The second-order valence-electron chi connectivity index (χ2n) is 5.74. The van der Waals surface area contributed by atoms with E-state index in [1.807, 2.05) is 20.8 Å². The van der Waals surface area contributed by atoms with E-state index in [2.05, 4.69) is 4.98 Å². The molecule has 1 amide bonds. The van der Waals surface area contributed by atoms with Gasteiger partial charge in [0, 0.05) is 23.7 Å². The van der Waals surface area contributed by atoms with Crippen LogP contribution < -0.4 is 0 Å². The van der Waals surface area contributed by atoms with E-state index in [4.69, 9.17) is 16.7 Å². The Hall–Kier alpha value is -1.62. The number of carbonyl (C=O) groups excluding carboxylic acids is 1. The van der Waals surface area contributed by atoms with Crippen molar-refractivity contribution in [2.24, 2.45) is 0 Å². The number of aromatic nitrogens is 1. The monoisotopic (exact) mass is 298 g/mol. The minimum absolute atomic E-state index is 0.220. The summed E-state index contributed by atoms with van der Waals surface area (Å²) in [5.41, 5.74) is 0.770. The van der Waals surface area contributed by atoms with Gasteiger partial charge in [-0.3, -0.25) is 4.79 Å². The zero-order valence-corrected chi connectivity index (χ0v) is 13.0. The Bertz CT molecular complexity index is 538. The molecule has 1 heterocycles. The number of nitrogens with zero attached hydrogens (tertiary/aromatic N) is 2. The topological polar surface area (TPSA) is 70.5 Å². The lowest BCUT2D eigenvalue weighted by Crippen LogP contribution is -2.40. The molecular weight excluding hydrogens is 280 g/mol. The highest BCUT2D eigenvalue weighted by Crippen LogP contribution is 2.24. The Labute approximate surface area is 123 Å². The molecule has 0 spiro atoms. The molecule has 1 N–H and O–H groups in total. The van der Waals surface area contributed by atoms with Crippen molar-refractivity contribution < 1.29 is 14.7 Å². The number of carboxylic acids is 1. The highest BCUT2D eigenvalue weighted by molar-refractivity contribution is 6.29. The molecule has 20 heavy (non-hydrogen) atoms. The summed E-state index contributed by atoms with van der Waals surface area (Å²) in [5, 5.41) is 9.17. The molecule has 0 saturated heterocycles. The van der Waals surface area contributed by atoms with E-state index >= 15 is 0 Å². The van der Waals surface area contributed by atoms with Gasteiger partial charge in [0.25, 0.3) is 5.91 Å². The Morgan fingerprint density at radius 3 is 2.35 bits per heavy atom. The lowest BCUT2D eigenvalue weighted by molar-refractivity contribution is -0.141. The molecule has 6 heteroatoms. The minimum Gasteiger partial charge on any atom is -0.480 e. The number of aliphatic carboxylic acids is 1. The van der Waals surface area contributed by atoms with Gasteiger partial charge in [-0.15, -0.1) is 0 Å². The highest BCUT2D eigenvalue weighted by Gasteiger charge is 2.25. The third-order valence-electron chi connectivity index (χ3n) is 3.07. The Morgan fingerprint density at radius 2 is 1.90 bits per heavy atom. The maximum absolute atomic E-state index is 12.3. The molecule has 0 bridgehead atoms. The number of likely N-dealkylation sites (N-methyl/N-ethyl adjacent to an activating group) is 1. The van der Waals surface area contributed by atoms with Gasteiger partial charge in [-0.05, 0) is 19.1 Å². The lowest BCUT2D eigenvalue weighted by atomic mass is 9.90. The molecule has 1 atom stereocenters. The standard InChI is InChI=1S/C14H19ClN2O3/c1-8(13(19)20)17(5)12(18)9-6-10(14(2,3)4)16-11(15)7-9/h6-8H,1-5H3,(H,19,20). The van der Waals surface area contributed by atoms with Crippen LogP contribution >= 0.6 is 11.6 Å². The average molecular weight is 299 g/mol. The minimum atomic E-state index is -1.06. The number of hydrogen-bond donors (Lipinski definition) is 1. The summed E-state index contributed by atoms with van der Waals surface area (Å²) >= 11 is 5.95. The van der Waals surface area contributed by atoms with Crippen molar-refractivity contribution in [1.29, 1.82) is 0 Å². The summed E-state index contributed by atoms with van der Waals surface area (Å²) in [6.45, 7) is 7.34. The molecule has 0 aromatic carbocycles. The second-order valence-corrected chi connectivity index (χ2v) is 6.13. The maximum atomic E-state index is 12.3. The normalized spacial score (nSPS) is 12.9. The number of pyridine rings is 1. The van der Waals surface area contributed by atoms with E-state index in [-0.39, 0.29) is 10.6 Å². The van der Waals surface area contributed by atoms with Crippen molar-refractivity contribution in [2.75, 3.05) is 7.05 Å². The Balaban J connectivity index is 3.17. The number of carboxylic acid groups (broad SMARTS) is 1. The van der Waals surface area contributed by atoms with Crippen LogP contribution in [0.25, 0.3) is 0 Å². The predicted octanol–water partition coefficient (Wildman–Crippen LogP) is 2.58. The van der Waals surface area contributed by atoms with E-state index in [9.17, 15) is 9.59 Å². The first kappa shape index (κ1) is 16.4. The highest BCUT2D eigenvalue weighted by atomic mass is 35.5. The molecule has 1 rings (SSSR count). The molecule has 1 aromatic rings. The molecule has 0 aliphatic carbocycles. The first-order valence-corrected chi connectivity index (χ1v) is 6.60. The quantitative estimate of drug-likeness (QED) is 0.871. The fraction of sp³-hybridized carbons (Fsp3) is 0.500. The van der Waals surface area contributed by atoms with Gasteiger partial charge < -0.3 is 10.0 Å². The predicted molar refractivity (Wildman–Crippen MR) is 77.1 cm³/mol. The van der Waals surface area contributed by atoms with E-state index in [0.717, 1.165) is 0 Å². The molecule has 0 saturated carbocycles. The van der Waals surface area contributed by atoms with E-state index in [1.165, 1.54) is 24.9 Å². The summed E-state index contributed by atoms with van der Waals surface area (Å²) in [5.74, 6) is -1.45. The first-order valence-electron chi connectivity index (χ1n) is 6.22. The Morgan fingerprint density at radius 1 is 1.35 bits per heavy atom. The van der Waals surface area contributed by atoms with Crippen LogP contribution in [0.2, 0.25) is 5.15 Å². The molecule has 0 aliphatic rings. The third kappa shape index (κ3) is 3.70. The first-order chi connectivity index (χ1) is 9.04. The Kier molecular flexibility index (Phi) is 4.76. The van der Waals surface area contributed by atoms with Crippen molar-refractivity contribution >= 4 is 23.5 Å². The van der Waals surface area contributed by atoms with Crippen LogP contribution in [0.15, 0.2) is 12.1 Å². The van der Waals surface area contributed by atoms with Gasteiger partial charge in [-0.25, -0.2) is 9.78 Å². The van der Waals surface area contributed by atoms with Gasteiger partial charge >= 0.3 is 5.97 Å². The van der Waals surface area contributed by atoms with Crippen LogP contribution in [0.3, 0.4) is 0 Å². The SMILES string of the molecule is CC(C(=O)O)N(C)C(=O)c1cc(Cl)nc(C(C)(C)C)c1. The van der Waals surface area contributed by atoms with Crippen LogP contribution in [0.5, 0.6) is 0 Å². The van der Waals surface area contributed by atoms with E-state index in [0.29, 0.717) is 11.3 Å². The fourth-order valence-electron chi connectivity index (χ4n) is 1.55. The zero-order chi connectivity index (χ0) is 15.7. The van der Waals surface area contributed by atoms with E-state index < -0.39 is 17.9 Å². The smallest absolute Gasteiger partial charge is 0.326 e. The number of carbonyl (C=O) groups is 2. The van der Waals surface area contributed by atoms with Gasteiger partial charge in [0.1, 0.15) is 11.2 Å². The summed E-state index contributed by atoms with van der Waals surface area (Å²) in [6.07, 6.45) is 0. The van der Waals surface area contributed by atoms with Crippen LogP contribution in [-0.4, -0.2) is 40.0 Å². The van der Waals surface area contributed by atoms with Crippen molar-refractivity contribution in [3.05, 3.63) is 28.5 Å². The number of halogens is 1. The van der Waals surface area contributed by atoms with Crippen LogP contribution in [-0.2, 0) is 10.2 Å². The van der Waals surface area contributed by atoms with Crippen LogP contribution in [0, 0.1) is 0 Å². The van der Waals surface area contributed by atoms with Crippen molar-refractivity contribution in [3.8, 4) is 0 Å². The molecule has 0 aliphatic heterocycles. The molecule has 0 fully saturated rings. The number of rotatable bonds is 3. The average Bonchev–Trinajstić information content (AvgIpc) is 2.34. The van der Waals surface area contributed by atoms with Crippen LogP contribution in [0.4, 0.5) is 0 Å². The molecular formula is C14H19ClN2O3. The zero-order valence-electron chi connectivity index (χ0n) is 12.3. The van der Waals surface area contributed by atoms with Crippen molar-refractivity contribution in [3.63, 3.8) is 0 Å². The number of hydrogen-bond acceptors (Lipinski definition) is 3. The molecule has 5 nitrogen and oxygen atoms in total. The fourth-order valence-corrected chi connectivity index (χ4v) is 1.76. The lowest BCUT2D eigenvalue weighted by Gasteiger charge is -2.23. The van der Waals surface area contributed by atoms with Crippen LogP contribution in [0.1, 0.15) is 43.7 Å². The molecule has 1 aromatic heterocycles. The van der Waals surface area contributed by atoms with Gasteiger partial charge in [0.05, 0.1) is 0 Å². The second kappa shape index (κ2) is 5.79. The van der Waals surface area contributed by atoms with Gasteiger partial charge in [-0.1, -0.05) is 32.4 Å². The number of amides is 1. The third-order valence-corrected chi connectivity index (χ3v) is 3.26. The summed E-state index contributed by atoms with van der Waals surface area (Å²) in [4.78, 5) is 28.6. The summed E-state index contributed by atoms with van der Waals surface area (Å²) in [7, 11) is 1.45.